The lowest BCUT2D eigenvalue weighted by molar-refractivity contribution is -0.122. The standard InChI is InChI=1S/C18H20N4O4S/c1-26-14-5-3-2-4-11(14)9-19-16(24)8-12-10-27-18(20-12)22-17(25)13-6-7-15(23)21-13/h2-5,10,13H,6-9H2,1H3,(H,19,24)(H,21,23)(H,20,22,25). The largest absolute Gasteiger partial charge is 0.496 e. The smallest absolute Gasteiger partial charge is 0.248 e. The fourth-order valence-corrected chi connectivity index (χ4v) is 3.43. The van der Waals surface area contributed by atoms with E-state index in [0.717, 1.165) is 11.3 Å². The first-order valence-corrected chi connectivity index (χ1v) is 9.36. The Bertz CT molecular complexity index is 851. The van der Waals surface area contributed by atoms with E-state index in [-0.39, 0.29) is 24.1 Å². The molecule has 1 aromatic heterocycles. The van der Waals surface area contributed by atoms with Gasteiger partial charge in [0.25, 0.3) is 0 Å². The molecule has 27 heavy (non-hydrogen) atoms. The summed E-state index contributed by atoms with van der Waals surface area (Å²) in [5, 5.41) is 10.3. The molecular weight excluding hydrogens is 368 g/mol. The molecule has 0 spiro atoms. The highest BCUT2D eigenvalue weighted by atomic mass is 32.1. The highest BCUT2D eigenvalue weighted by molar-refractivity contribution is 7.13. The van der Waals surface area contributed by atoms with Crippen LogP contribution in [0.1, 0.15) is 24.1 Å². The third-order valence-corrected chi connectivity index (χ3v) is 4.91. The molecule has 142 valence electrons. The summed E-state index contributed by atoms with van der Waals surface area (Å²) in [6.45, 7) is 0.359. The second kappa shape index (κ2) is 8.63. The Labute approximate surface area is 160 Å². The van der Waals surface area contributed by atoms with Gasteiger partial charge in [0.15, 0.2) is 5.13 Å². The number of benzene rings is 1. The minimum absolute atomic E-state index is 0.113. The van der Waals surface area contributed by atoms with Crippen LogP contribution in [0.5, 0.6) is 5.75 Å². The summed E-state index contributed by atoms with van der Waals surface area (Å²) in [5.74, 6) is 0.131. The minimum Gasteiger partial charge on any atom is -0.496 e. The van der Waals surface area contributed by atoms with Crippen molar-refractivity contribution < 1.29 is 19.1 Å². The summed E-state index contributed by atoms with van der Waals surface area (Å²) in [7, 11) is 1.59. The van der Waals surface area contributed by atoms with E-state index < -0.39 is 6.04 Å². The Balaban J connectivity index is 1.49. The van der Waals surface area contributed by atoms with E-state index >= 15 is 0 Å². The number of carbonyl (C=O) groups excluding carboxylic acids is 3. The van der Waals surface area contributed by atoms with Crippen molar-refractivity contribution in [3.63, 3.8) is 0 Å². The van der Waals surface area contributed by atoms with Crippen molar-refractivity contribution in [1.82, 2.24) is 15.6 Å². The third-order valence-electron chi connectivity index (χ3n) is 4.10. The van der Waals surface area contributed by atoms with Crippen molar-refractivity contribution >= 4 is 34.2 Å². The Morgan fingerprint density at radius 3 is 2.93 bits per heavy atom. The summed E-state index contributed by atoms with van der Waals surface area (Å²) in [6, 6.07) is 6.95. The van der Waals surface area contributed by atoms with Gasteiger partial charge in [-0.25, -0.2) is 4.98 Å². The molecule has 9 heteroatoms. The molecule has 0 saturated carbocycles. The molecule has 1 fully saturated rings. The van der Waals surface area contributed by atoms with Crippen LogP contribution < -0.4 is 20.7 Å². The number of carbonyl (C=O) groups is 3. The molecule has 8 nitrogen and oxygen atoms in total. The highest BCUT2D eigenvalue weighted by Crippen LogP contribution is 2.19. The van der Waals surface area contributed by atoms with Gasteiger partial charge in [0, 0.05) is 23.9 Å². The van der Waals surface area contributed by atoms with Crippen molar-refractivity contribution in [3.8, 4) is 5.75 Å². The fourth-order valence-electron chi connectivity index (χ4n) is 2.72. The second-order valence-electron chi connectivity index (χ2n) is 6.06. The average Bonchev–Trinajstić information content (AvgIpc) is 3.29. The van der Waals surface area contributed by atoms with Gasteiger partial charge >= 0.3 is 0 Å². The van der Waals surface area contributed by atoms with Crippen molar-refractivity contribution in [2.75, 3.05) is 12.4 Å². The van der Waals surface area contributed by atoms with Crippen LogP contribution >= 0.6 is 11.3 Å². The Hall–Kier alpha value is -2.94. The maximum absolute atomic E-state index is 12.1. The molecule has 2 aromatic rings. The molecule has 1 unspecified atom stereocenters. The van der Waals surface area contributed by atoms with E-state index in [4.69, 9.17) is 4.74 Å². The van der Waals surface area contributed by atoms with Crippen LogP contribution in [0.25, 0.3) is 0 Å². The monoisotopic (exact) mass is 388 g/mol. The van der Waals surface area contributed by atoms with E-state index in [9.17, 15) is 14.4 Å². The van der Waals surface area contributed by atoms with E-state index in [0.29, 0.717) is 30.2 Å². The molecule has 0 bridgehead atoms. The van der Waals surface area contributed by atoms with E-state index in [1.165, 1.54) is 11.3 Å². The van der Waals surface area contributed by atoms with Crippen LogP contribution in [-0.4, -0.2) is 35.9 Å². The Morgan fingerprint density at radius 2 is 2.19 bits per heavy atom. The molecule has 3 amide bonds. The number of aromatic nitrogens is 1. The van der Waals surface area contributed by atoms with Gasteiger partial charge in [0.1, 0.15) is 11.8 Å². The van der Waals surface area contributed by atoms with Gasteiger partial charge < -0.3 is 20.7 Å². The predicted octanol–water partition coefficient (Wildman–Crippen LogP) is 1.23. The van der Waals surface area contributed by atoms with Crippen LogP contribution in [0.15, 0.2) is 29.6 Å². The topological polar surface area (TPSA) is 109 Å². The first-order valence-electron chi connectivity index (χ1n) is 8.48. The molecule has 0 radical (unpaired) electrons. The number of hydrogen-bond acceptors (Lipinski definition) is 6. The number of nitrogens with one attached hydrogen (secondary N) is 3. The van der Waals surface area contributed by atoms with Crippen LogP contribution in [0, 0.1) is 0 Å². The van der Waals surface area contributed by atoms with Crippen LogP contribution in [0.2, 0.25) is 0 Å². The normalized spacial score (nSPS) is 15.9. The summed E-state index contributed by atoms with van der Waals surface area (Å²) in [5.41, 5.74) is 1.46. The lowest BCUT2D eigenvalue weighted by Crippen LogP contribution is -2.37. The van der Waals surface area contributed by atoms with E-state index in [1.54, 1.807) is 12.5 Å². The summed E-state index contributed by atoms with van der Waals surface area (Å²) >= 11 is 1.24. The number of nitrogens with zero attached hydrogens (tertiary/aromatic N) is 1. The van der Waals surface area contributed by atoms with Crippen LogP contribution in [0.3, 0.4) is 0 Å². The second-order valence-corrected chi connectivity index (χ2v) is 6.92. The number of methoxy groups -OCH3 is 1. The van der Waals surface area contributed by atoms with Gasteiger partial charge in [-0.2, -0.15) is 0 Å². The molecule has 3 rings (SSSR count). The zero-order chi connectivity index (χ0) is 19.2. The van der Waals surface area contributed by atoms with E-state index in [2.05, 4.69) is 20.9 Å². The lowest BCUT2D eigenvalue weighted by Gasteiger charge is -2.09. The molecule has 0 aliphatic carbocycles. The molecule has 1 saturated heterocycles. The number of para-hydroxylation sites is 1. The van der Waals surface area contributed by atoms with Gasteiger partial charge in [0.05, 0.1) is 19.2 Å². The minimum atomic E-state index is -0.519. The van der Waals surface area contributed by atoms with Crippen molar-refractivity contribution in [3.05, 3.63) is 40.9 Å². The molecule has 1 aliphatic heterocycles. The third kappa shape index (κ3) is 5.04. The zero-order valence-electron chi connectivity index (χ0n) is 14.8. The fraction of sp³-hybridized carbons (Fsp3) is 0.333. The maximum atomic E-state index is 12.1. The predicted molar refractivity (Wildman–Crippen MR) is 100 cm³/mol. The molecule has 2 heterocycles. The summed E-state index contributed by atoms with van der Waals surface area (Å²) in [6.07, 6.45) is 0.948. The molecule has 1 atom stereocenters. The van der Waals surface area contributed by atoms with Gasteiger partial charge in [-0.15, -0.1) is 11.3 Å². The number of thiazole rings is 1. The highest BCUT2D eigenvalue weighted by Gasteiger charge is 2.27. The SMILES string of the molecule is COc1ccccc1CNC(=O)Cc1csc(NC(=O)C2CCC(=O)N2)n1. The molecular formula is C18H20N4O4S. The van der Waals surface area contributed by atoms with Gasteiger partial charge in [-0.1, -0.05) is 18.2 Å². The summed E-state index contributed by atoms with van der Waals surface area (Å²) < 4.78 is 5.26. The molecule has 3 N–H and O–H groups in total. The van der Waals surface area contributed by atoms with E-state index in [1.807, 2.05) is 24.3 Å². The zero-order valence-corrected chi connectivity index (χ0v) is 15.6. The van der Waals surface area contributed by atoms with Gasteiger partial charge in [-0.05, 0) is 12.5 Å². The Kier molecular flexibility index (Phi) is 6.02. The van der Waals surface area contributed by atoms with Crippen molar-refractivity contribution in [1.29, 1.82) is 0 Å². The number of hydrogen-bond donors (Lipinski definition) is 3. The number of anilines is 1. The van der Waals surface area contributed by atoms with Crippen molar-refractivity contribution in [2.45, 2.75) is 31.8 Å². The van der Waals surface area contributed by atoms with Crippen molar-refractivity contribution in [2.24, 2.45) is 0 Å². The van der Waals surface area contributed by atoms with Gasteiger partial charge in [0.2, 0.25) is 17.7 Å². The molecule has 1 aliphatic rings. The lowest BCUT2D eigenvalue weighted by atomic mass is 10.2. The quantitative estimate of drug-likeness (QED) is 0.661. The first kappa shape index (κ1) is 18.8. The maximum Gasteiger partial charge on any atom is 0.248 e. The number of ether oxygens (including phenoxy) is 1. The van der Waals surface area contributed by atoms with Crippen LogP contribution in [0.4, 0.5) is 5.13 Å². The summed E-state index contributed by atoms with van der Waals surface area (Å²) in [4.78, 5) is 39.6. The van der Waals surface area contributed by atoms with Gasteiger partial charge in [-0.3, -0.25) is 14.4 Å². The Morgan fingerprint density at radius 1 is 1.37 bits per heavy atom. The first-order chi connectivity index (χ1) is 13.0. The van der Waals surface area contributed by atoms with Crippen LogP contribution in [-0.2, 0) is 27.3 Å². The molecule has 1 aromatic carbocycles. The average molecular weight is 388 g/mol. The number of amides is 3. The number of rotatable bonds is 7.